The highest BCUT2D eigenvalue weighted by Gasteiger charge is 2.45. The van der Waals surface area contributed by atoms with Gasteiger partial charge in [0.1, 0.15) is 0 Å². The van der Waals surface area contributed by atoms with Gasteiger partial charge in [-0.05, 0) is 57.4 Å². The highest BCUT2D eigenvalue weighted by atomic mass is 16.5. The van der Waals surface area contributed by atoms with Gasteiger partial charge >= 0.3 is 0 Å². The van der Waals surface area contributed by atoms with Gasteiger partial charge in [0.15, 0.2) is 0 Å². The molecule has 3 atom stereocenters. The van der Waals surface area contributed by atoms with Gasteiger partial charge in [0.05, 0.1) is 5.60 Å². The van der Waals surface area contributed by atoms with Crippen molar-refractivity contribution in [3.8, 4) is 0 Å². The van der Waals surface area contributed by atoms with Gasteiger partial charge in [-0.15, -0.1) is 0 Å². The first-order valence-electron chi connectivity index (χ1n) is 9.17. The predicted octanol–water partition coefficient (Wildman–Crippen LogP) is 3.77. The first-order valence-corrected chi connectivity index (χ1v) is 9.17. The Morgan fingerprint density at radius 2 is 2.00 bits per heavy atom. The van der Waals surface area contributed by atoms with Gasteiger partial charge in [-0.1, -0.05) is 26.7 Å². The number of hydrogen-bond acceptors (Lipinski definition) is 3. The molecule has 2 aliphatic rings. The standard InChI is InChI=1S/C18H35NO2/c1-4-11-19-17(16-8-12-20-13-9-16)18(21-5-2)10-6-7-15(3)14-18/h15-17,19H,4-14H2,1-3H3. The lowest BCUT2D eigenvalue weighted by molar-refractivity contribution is -0.120. The van der Waals surface area contributed by atoms with Gasteiger partial charge in [0.25, 0.3) is 0 Å². The molecule has 1 N–H and O–H groups in total. The fraction of sp³-hybridized carbons (Fsp3) is 1.00. The van der Waals surface area contributed by atoms with E-state index in [0.29, 0.717) is 12.0 Å². The minimum atomic E-state index is 0.0591. The average Bonchev–Trinajstić information content (AvgIpc) is 2.49. The van der Waals surface area contributed by atoms with Gasteiger partial charge in [0.2, 0.25) is 0 Å². The summed E-state index contributed by atoms with van der Waals surface area (Å²) in [5, 5.41) is 3.87. The zero-order valence-corrected chi connectivity index (χ0v) is 14.3. The molecule has 3 heteroatoms. The Morgan fingerprint density at radius 1 is 1.24 bits per heavy atom. The smallest absolute Gasteiger partial charge is 0.0839 e. The molecule has 1 saturated heterocycles. The van der Waals surface area contributed by atoms with E-state index in [9.17, 15) is 0 Å². The van der Waals surface area contributed by atoms with Crippen LogP contribution >= 0.6 is 0 Å². The molecule has 0 radical (unpaired) electrons. The summed E-state index contributed by atoms with van der Waals surface area (Å²) >= 11 is 0. The fourth-order valence-corrected chi connectivity index (χ4v) is 4.47. The lowest BCUT2D eigenvalue weighted by Crippen LogP contribution is -2.59. The zero-order valence-electron chi connectivity index (χ0n) is 14.3. The molecule has 3 unspecified atom stereocenters. The van der Waals surface area contributed by atoms with Crippen LogP contribution in [0.15, 0.2) is 0 Å². The molecular formula is C18H35NO2. The van der Waals surface area contributed by atoms with E-state index in [4.69, 9.17) is 9.47 Å². The second kappa shape index (κ2) is 8.50. The van der Waals surface area contributed by atoms with Gasteiger partial charge in [-0.3, -0.25) is 0 Å². The zero-order chi connectivity index (χ0) is 15.1. The van der Waals surface area contributed by atoms with Crippen LogP contribution in [0.5, 0.6) is 0 Å². The molecule has 1 saturated carbocycles. The predicted molar refractivity (Wildman–Crippen MR) is 87.6 cm³/mol. The number of nitrogens with one attached hydrogen (secondary N) is 1. The molecular weight excluding hydrogens is 262 g/mol. The minimum Gasteiger partial charge on any atom is -0.381 e. The van der Waals surface area contributed by atoms with E-state index in [2.05, 4.69) is 26.1 Å². The molecule has 1 aliphatic carbocycles. The SMILES string of the molecule is CCCNC(C1CCOCC1)C1(OCC)CCCC(C)C1. The van der Waals surface area contributed by atoms with E-state index in [1.807, 2.05) is 0 Å². The van der Waals surface area contributed by atoms with E-state index in [1.165, 1.54) is 44.9 Å². The van der Waals surface area contributed by atoms with Crippen LogP contribution in [0, 0.1) is 11.8 Å². The third-order valence-corrected chi connectivity index (χ3v) is 5.34. The van der Waals surface area contributed by atoms with Gasteiger partial charge in [0, 0.05) is 25.9 Å². The van der Waals surface area contributed by atoms with Gasteiger partial charge in [-0.2, -0.15) is 0 Å². The third-order valence-electron chi connectivity index (χ3n) is 5.34. The average molecular weight is 297 g/mol. The van der Waals surface area contributed by atoms with Gasteiger partial charge < -0.3 is 14.8 Å². The summed E-state index contributed by atoms with van der Waals surface area (Å²) in [6, 6.07) is 0.504. The monoisotopic (exact) mass is 297 g/mol. The lowest BCUT2D eigenvalue weighted by atomic mass is 9.69. The molecule has 0 aromatic rings. The summed E-state index contributed by atoms with van der Waals surface area (Å²) in [6.45, 7) is 10.6. The molecule has 0 aromatic heterocycles. The van der Waals surface area contributed by atoms with Crippen LogP contribution in [0.3, 0.4) is 0 Å². The second-order valence-corrected chi connectivity index (χ2v) is 7.08. The molecule has 1 heterocycles. The Balaban J connectivity index is 2.16. The molecule has 2 fully saturated rings. The Morgan fingerprint density at radius 3 is 2.62 bits per heavy atom. The van der Waals surface area contributed by atoms with E-state index < -0.39 is 0 Å². The molecule has 1 aliphatic heterocycles. The van der Waals surface area contributed by atoms with Crippen LogP contribution in [0.2, 0.25) is 0 Å². The van der Waals surface area contributed by atoms with E-state index >= 15 is 0 Å². The molecule has 0 amide bonds. The Bertz CT molecular complexity index is 287. The van der Waals surface area contributed by atoms with Crippen molar-refractivity contribution in [1.82, 2.24) is 5.32 Å². The van der Waals surface area contributed by atoms with E-state index in [-0.39, 0.29) is 5.60 Å². The van der Waals surface area contributed by atoms with Crippen molar-refractivity contribution < 1.29 is 9.47 Å². The molecule has 21 heavy (non-hydrogen) atoms. The van der Waals surface area contributed by atoms with Crippen molar-refractivity contribution in [2.75, 3.05) is 26.4 Å². The van der Waals surface area contributed by atoms with Gasteiger partial charge in [-0.25, -0.2) is 0 Å². The molecule has 0 spiro atoms. The van der Waals surface area contributed by atoms with Crippen LogP contribution in [0.25, 0.3) is 0 Å². The topological polar surface area (TPSA) is 30.5 Å². The van der Waals surface area contributed by atoms with Crippen LogP contribution in [-0.4, -0.2) is 38.0 Å². The quantitative estimate of drug-likeness (QED) is 0.776. The maximum atomic E-state index is 6.45. The summed E-state index contributed by atoms with van der Waals surface area (Å²) in [6.07, 6.45) is 8.69. The fourth-order valence-electron chi connectivity index (χ4n) is 4.47. The van der Waals surface area contributed by atoms with Crippen molar-refractivity contribution in [3.63, 3.8) is 0 Å². The maximum Gasteiger partial charge on any atom is 0.0839 e. The molecule has 3 nitrogen and oxygen atoms in total. The first kappa shape index (κ1) is 17.2. The van der Waals surface area contributed by atoms with E-state index in [1.54, 1.807) is 0 Å². The normalized spacial score (nSPS) is 33.0. The van der Waals surface area contributed by atoms with E-state index in [0.717, 1.165) is 32.3 Å². The summed E-state index contributed by atoms with van der Waals surface area (Å²) in [5.74, 6) is 1.50. The maximum absolute atomic E-state index is 6.45. The molecule has 0 aromatic carbocycles. The van der Waals surface area contributed by atoms with Crippen LogP contribution < -0.4 is 5.32 Å². The second-order valence-electron chi connectivity index (χ2n) is 7.08. The summed E-state index contributed by atoms with van der Waals surface area (Å²) in [7, 11) is 0. The van der Waals surface area contributed by atoms with Crippen molar-refractivity contribution in [2.45, 2.75) is 77.4 Å². The Kier molecular flexibility index (Phi) is 6.97. The number of ether oxygens (including phenoxy) is 2. The summed E-state index contributed by atoms with van der Waals surface area (Å²) in [5.41, 5.74) is 0.0591. The van der Waals surface area contributed by atoms with Crippen LogP contribution in [0.4, 0.5) is 0 Å². The van der Waals surface area contributed by atoms with Crippen molar-refractivity contribution in [3.05, 3.63) is 0 Å². The molecule has 0 bridgehead atoms. The minimum absolute atomic E-state index is 0.0591. The van der Waals surface area contributed by atoms with Crippen LogP contribution in [0.1, 0.15) is 65.7 Å². The first-order chi connectivity index (χ1) is 10.2. The van der Waals surface area contributed by atoms with Crippen molar-refractivity contribution in [1.29, 1.82) is 0 Å². The van der Waals surface area contributed by atoms with Crippen LogP contribution in [-0.2, 0) is 9.47 Å². The summed E-state index contributed by atoms with van der Waals surface area (Å²) < 4.78 is 12.0. The Hall–Kier alpha value is -0.120. The number of rotatable bonds is 7. The largest absolute Gasteiger partial charge is 0.381 e. The summed E-state index contributed by atoms with van der Waals surface area (Å²) in [4.78, 5) is 0. The van der Waals surface area contributed by atoms with Crippen molar-refractivity contribution in [2.24, 2.45) is 11.8 Å². The highest BCUT2D eigenvalue weighted by molar-refractivity contribution is 5.00. The Labute approximate surface area is 131 Å². The highest BCUT2D eigenvalue weighted by Crippen LogP contribution is 2.41. The third kappa shape index (κ3) is 4.43. The molecule has 2 rings (SSSR count). The molecule has 124 valence electrons. The lowest BCUT2D eigenvalue weighted by Gasteiger charge is -2.49. The number of hydrogen-bond donors (Lipinski definition) is 1. The van der Waals surface area contributed by atoms with Crippen molar-refractivity contribution >= 4 is 0 Å².